The fourth-order valence-electron chi connectivity index (χ4n) is 5.04. The van der Waals surface area contributed by atoms with Gasteiger partial charge in [0.15, 0.2) is 16.8 Å². The first-order chi connectivity index (χ1) is 24.3. The standard InChI is InChI=1S/C28H33FN4O11P2.C2H4O.C2H6/c1-17-13-41-15-28(17,14-30)23-6-3-18(10-31-23)21-5-4-19(9-22(21)29)33-12-20(44-27(33)36)11-32(2)26(35)43-16-42-24(34)7-8-25(45(37)38)46(39)40;1-2-3;1-2/h3-6,9-10,17,20,25,37-40H,7-8,11-13,15-16H2,1-2H3;2H,1H3;1-2H3. The zero-order valence-corrected chi connectivity index (χ0v) is 30.6. The number of benzene rings is 1. The molecule has 3 heterocycles. The van der Waals surface area contributed by atoms with Gasteiger partial charge < -0.3 is 48.2 Å². The maximum atomic E-state index is 15.2. The molecule has 3 unspecified atom stereocenters. The number of carbonyl (C=O) groups excluding carboxylic acids is 4. The molecule has 1 aromatic heterocycles. The van der Waals surface area contributed by atoms with Crippen molar-refractivity contribution in [3.05, 3.63) is 48.0 Å². The molecule has 280 valence electrons. The third kappa shape index (κ3) is 11.6. The van der Waals surface area contributed by atoms with Crippen LogP contribution in [0.3, 0.4) is 0 Å². The molecule has 4 N–H and O–H groups in total. The van der Waals surface area contributed by atoms with E-state index in [1.54, 1.807) is 18.2 Å². The fourth-order valence-corrected chi connectivity index (χ4v) is 6.50. The minimum Gasteiger partial charge on any atom is -0.442 e. The molecule has 2 fully saturated rings. The number of carbonyl (C=O) groups is 4. The Labute approximate surface area is 297 Å². The minimum absolute atomic E-state index is 0.00858. The Morgan fingerprint density at radius 2 is 1.88 bits per heavy atom. The molecule has 0 bridgehead atoms. The molecule has 2 amide bonds. The van der Waals surface area contributed by atoms with Crippen molar-refractivity contribution in [3.63, 3.8) is 0 Å². The number of aldehydes is 1. The van der Waals surface area contributed by atoms with Gasteiger partial charge in [-0.3, -0.25) is 14.7 Å². The van der Waals surface area contributed by atoms with Crippen LogP contribution in [0.4, 0.5) is 19.7 Å². The Morgan fingerprint density at radius 3 is 2.41 bits per heavy atom. The van der Waals surface area contributed by atoms with E-state index in [2.05, 4.69) is 11.1 Å². The van der Waals surface area contributed by atoms with Gasteiger partial charge in [-0.25, -0.2) is 14.0 Å². The minimum atomic E-state index is -2.66. The lowest BCUT2D eigenvalue weighted by Crippen LogP contribution is -2.37. The number of likely N-dealkylation sites (N-methyl/N-ethyl adjacent to an activating group) is 1. The summed E-state index contributed by atoms with van der Waals surface area (Å²) in [5.41, 5.74) is 0.658. The second-order valence-electron chi connectivity index (χ2n) is 11.0. The molecule has 2 saturated heterocycles. The van der Waals surface area contributed by atoms with Gasteiger partial charge in [-0.1, -0.05) is 26.8 Å². The number of aromatic nitrogens is 1. The molecule has 51 heavy (non-hydrogen) atoms. The van der Waals surface area contributed by atoms with Crippen LogP contribution in [0.15, 0.2) is 36.5 Å². The van der Waals surface area contributed by atoms with Crippen molar-refractivity contribution in [3.8, 4) is 17.2 Å². The van der Waals surface area contributed by atoms with E-state index in [0.29, 0.717) is 17.9 Å². The Balaban J connectivity index is 0.00000171. The van der Waals surface area contributed by atoms with Gasteiger partial charge >= 0.3 is 18.2 Å². The Hall–Kier alpha value is -3.87. The fraction of sp³-hybridized carbons (Fsp3) is 0.500. The second kappa shape index (κ2) is 20.8. The van der Waals surface area contributed by atoms with Crippen LogP contribution in [0.2, 0.25) is 0 Å². The molecule has 1 aromatic carbocycles. The molecule has 2 aliphatic rings. The number of amides is 2. The zero-order chi connectivity index (χ0) is 38.3. The van der Waals surface area contributed by atoms with E-state index >= 15 is 4.39 Å². The molecular formula is C32H43FN4O12P2. The SMILES string of the molecule is CC.CC1COCC1(C#N)c1ccc(-c2ccc(N3CC(CN(C)C(=O)OCOC(=O)CCC(P(O)O)P(O)O)OC3=O)cc2F)cn1.CC=O. The van der Waals surface area contributed by atoms with Crippen LogP contribution in [0.25, 0.3) is 11.1 Å². The number of cyclic esters (lactones) is 1. The van der Waals surface area contributed by atoms with Crippen LogP contribution in [0.5, 0.6) is 0 Å². The van der Waals surface area contributed by atoms with Gasteiger partial charge in [0.2, 0.25) is 6.79 Å². The van der Waals surface area contributed by atoms with Crippen molar-refractivity contribution in [1.82, 2.24) is 9.88 Å². The number of halogens is 1. The summed E-state index contributed by atoms with van der Waals surface area (Å²) in [6, 6.07) is 9.95. The molecule has 16 nitrogen and oxygen atoms in total. The van der Waals surface area contributed by atoms with Gasteiger partial charge in [-0.15, -0.1) is 0 Å². The summed E-state index contributed by atoms with van der Waals surface area (Å²) in [4.78, 5) is 88.9. The average Bonchev–Trinajstić information content (AvgIpc) is 3.67. The molecule has 0 spiro atoms. The number of nitriles is 1. The smallest absolute Gasteiger partial charge is 0.414 e. The van der Waals surface area contributed by atoms with Crippen LogP contribution in [-0.2, 0) is 34.0 Å². The summed E-state index contributed by atoms with van der Waals surface area (Å²) in [5, 5.41) is 8.53. The lowest BCUT2D eigenvalue weighted by molar-refractivity contribution is -0.152. The molecular weight excluding hydrogens is 713 g/mol. The summed E-state index contributed by atoms with van der Waals surface area (Å²) >= 11 is 0. The monoisotopic (exact) mass is 756 g/mol. The number of hydrogen-bond donors (Lipinski definition) is 4. The summed E-state index contributed by atoms with van der Waals surface area (Å²) in [6.45, 7) is 7.22. The lowest BCUT2D eigenvalue weighted by Gasteiger charge is -2.23. The van der Waals surface area contributed by atoms with E-state index in [9.17, 15) is 19.6 Å². The topological polar surface area (TPSA) is 229 Å². The molecule has 0 radical (unpaired) electrons. The average molecular weight is 757 g/mol. The highest BCUT2D eigenvalue weighted by Crippen LogP contribution is 2.51. The number of pyridine rings is 1. The highest BCUT2D eigenvalue weighted by molar-refractivity contribution is 7.64. The van der Waals surface area contributed by atoms with E-state index in [1.165, 1.54) is 37.2 Å². The number of anilines is 1. The van der Waals surface area contributed by atoms with E-state index in [1.807, 2.05) is 20.8 Å². The molecule has 0 saturated carbocycles. The Kier molecular flexibility index (Phi) is 17.7. The molecule has 2 aromatic rings. The first kappa shape index (κ1) is 43.3. The number of ether oxygens (including phenoxy) is 4. The van der Waals surface area contributed by atoms with E-state index < -0.39 is 64.4 Å². The third-order valence-corrected chi connectivity index (χ3v) is 10.6. The summed E-state index contributed by atoms with van der Waals surface area (Å²) in [6.07, 6.45) is -0.782. The maximum Gasteiger partial charge on any atom is 0.414 e. The normalized spacial score (nSPS) is 19.4. The highest BCUT2D eigenvalue weighted by atomic mass is 31.2. The van der Waals surface area contributed by atoms with E-state index in [4.69, 9.17) is 43.3 Å². The molecule has 4 rings (SSSR count). The molecule has 19 heteroatoms. The summed E-state index contributed by atoms with van der Waals surface area (Å²) < 4.78 is 35.7. The van der Waals surface area contributed by atoms with E-state index in [0.717, 1.165) is 11.2 Å². The quantitative estimate of drug-likeness (QED) is 0.103. The summed E-state index contributed by atoms with van der Waals surface area (Å²) in [5.74, 6) is -1.51. The first-order valence-corrected chi connectivity index (χ1v) is 18.4. The van der Waals surface area contributed by atoms with Crippen LogP contribution in [0, 0.1) is 23.1 Å². The Bertz CT molecular complexity index is 1510. The summed E-state index contributed by atoms with van der Waals surface area (Å²) in [7, 11) is -3.94. The van der Waals surface area contributed by atoms with Crippen molar-refractivity contribution < 1.29 is 62.1 Å². The van der Waals surface area contributed by atoms with Crippen LogP contribution >= 0.6 is 16.8 Å². The van der Waals surface area contributed by atoms with Crippen molar-refractivity contribution in [1.29, 1.82) is 5.26 Å². The number of nitrogens with zero attached hydrogens (tertiary/aromatic N) is 4. The van der Waals surface area contributed by atoms with E-state index in [-0.39, 0.29) is 49.7 Å². The van der Waals surface area contributed by atoms with Crippen molar-refractivity contribution >= 4 is 46.9 Å². The van der Waals surface area contributed by atoms with Crippen molar-refractivity contribution in [2.24, 2.45) is 5.92 Å². The van der Waals surface area contributed by atoms with Crippen molar-refractivity contribution in [2.75, 3.05) is 45.0 Å². The third-order valence-electron chi connectivity index (χ3n) is 7.74. The lowest BCUT2D eigenvalue weighted by atomic mass is 9.77. The number of hydrogen-bond acceptors (Lipinski definition) is 14. The molecule has 3 atom stereocenters. The number of rotatable bonds is 12. The van der Waals surface area contributed by atoms with Crippen LogP contribution < -0.4 is 4.90 Å². The maximum absolute atomic E-state index is 15.2. The predicted molar refractivity (Wildman–Crippen MR) is 183 cm³/mol. The highest BCUT2D eigenvalue weighted by Gasteiger charge is 2.45. The molecule has 2 aliphatic heterocycles. The van der Waals surface area contributed by atoms with Crippen LogP contribution in [0.1, 0.15) is 46.2 Å². The van der Waals surface area contributed by atoms with Gasteiger partial charge in [0, 0.05) is 36.7 Å². The van der Waals surface area contributed by atoms with Gasteiger partial charge in [0.25, 0.3) is 0 Å². The molecule has 0 aliphatic carbocycles. The van der Waals surface area contributed by atoms with Gasteiger partial charge in [0.1, 0.15) is 23.6 Å². The first-order valence-electron chi connectivity index (χ1n) is 15.8. The van der Waals surface area contributed by atoms with Crippen LogP contribution in [-0.4, -0.2) is 106 Å². The van der Waals surface area contributed by atoms with Gasteiger partial charge in [0.05, 0.1) is 49.2 Å². The largest absolute Gasteiger partial charge is 0.442 e. The Morgan fingerprint density at radius 1 is 1.22 bits per heavy atom. The zero-order valence-electron chi connectivity index (χ0n) is 28.8. The van der Waals surface area contributed by atoms with Gasteiger partial charge in [-0.2, -0.15) is 5.26 Å². The number of esters is 1. The predicted octanol–water partition coefficient (Wildman–Crippen LogP) is 4.14. The van der Waals surface area contributed by atoms with Gasteiger partial charge in [-0.05, 0) is 37.6 Å². The second-order valence-corrected chi connectivity index (χ2v) is 14.0. The van der Waals surface area contributed by atoms with Crippen molar-refractivity contribution in [2.45, 2.75) is 57.5 Å².